The summed E-state index contributed by atoms with van der Waals surface area (Å²) in [5.41, 5.74) is 1.04. The monoisotopic (exact) mass is 307 g/mol. The van der Waals surface area contributed by atoms with Crippen molar-refractivity contribution in [3.8, 4) is 0 Å². The number of hydrogen-bond acceptors (Lipinski definition) is 6. The van der Waals surface area contributed by atoms with Crippen LogP contribution in [0.1, 0.15) is 24.1 Å². The van der Waals surface area contributed by atoms with Gasteiger partial charge in [-0.15, -0.1) is 0 Å². The van der Waals surface area contributed by atoms with Crippen LogP contribution in [0.25, 0.3) is 0 Å². The lowest BCUT2D eigenvalue weighted by molar-refractivity contribution is 0.372. The molecule has 2 heterocycles. The van der Waals surface area contributed by atoms with E-state index in [0.29, 0.717) is 31.1 Å². The molecule has 1 aromatic carbocycles. The fourth-order valence-electron chi connectivity index (χ4n) is 2.40. The third-order valence-corrected chi connectivity index (χ3v) is 5.29. The molecule has 3 rings (SSSR count). The molecule has 1 saturated heterocycles. The molecule has 1 aliphatic heterocycles. The smallest absolute Gasteiger partial charge is 0.228 e. The second-order valence-electron chi connectivity index (χ2n) is 5.19. The quantitative estimate of drug-likeness (QED) is 0.903. The lowest BCUT2D eigenvalue weighted by Crippen LogP contribution is -2.06. The summed E-state index contributed by atoms with van der Waals surface area (Å²) in [6.45, 7) is 0.689. The highest BCUT2D eigenvalue weighted by molar-refractivity contribution is 7.91. The fraction of sp³-hybridized carbons (Fsp3) is 0.429. The van der Waals surface area contributed by atoms with E-state index < -0.39 is 9.84 Å². The maximum Gasteiger partial charge on any atom is 0.228 e. The van der Waals surface area contributed by atoms with E-state index in [0.717, 1.165) is 5.69 Å². The normalized spacial score (nSPS) is 20.5. The van der Waals surface area contributed by atoms with Crippen molar-refractivity contribution < 1.29 is 12.9 Å². The average Bonchev–Trinajstić information content (AvgIpc) is 3.06. The third kappa shape index (κ3) is 3.60. The standard InChI is InChI=1S/C14H17N3O3S/c18-21(19)9-7-11(10-21)14-16-13(20-17-14)6-8-15-12-4-2-1-3-5-12/h1-5,11,15H,6-10H2. The number of nitrogens with zero attached hydrogens (tertiary/aromatic N) is 2. The predicted molar refractivity (Wildman–Crippen MR) is 78.9 cm³/mol. The van der Waals surface area contributed by atoms with E-state index in [4.69, 9.17) is 4.52 Å². The number of para-hydroxylation sites is 1. The van der Waals surface area contributed by atoms with E-state index in [1.165, 1.54) is 0 Å². The van der Waals surface area contributed by atoms with Crippen molar-refractivity contribution in [3.63, 3.8) is 0 Å². The lowest BCUT2D eigenvalue weighted by Gasteiger charge is -2.03. The molecule has 0 amide bonds. The van der Waals surface area contributed by atoms with Gasteiger partial charge in [-0.3, -0.25) is 0 Å². The first-order valence-corrected chi connectivity index (χ1v) is 8.76. The highest BCUT2D eigenvalue weighted by Crippen LogP contribution is 2.26. The second kappa shape index (κ2) is 5.85. The zero-order valence-corrected chi connectivity index (χ0v) is 12.3. The van der Waals surface area contributed by atoms with Crippen LogP contribution in [0.4, 0.5) is 5.69 Å². The van der Waals surface area contributed by atoms with E-state index in [-0.39, 0.29) is 17.4 Å². The molecule has 7 heteroatoms. The van der Waals surface area contributed by atoms with Gasteiger partial charge in [0.2, 0.25) is 5.89 Å². The summed E-state index contributed by atoms with van der Waals surface area (Å²) in [6, 6.07) is 9.87. The average molecular weight is 307 g/mol. The van der Waals surface area contributed by atoms with Crippen LogP contribution in [0, 0.1) is 0 Å². The maximum atomic E-state index is 11.5. The van der Waals surface area contributed by atoms with Crippen LogP contribution >= 0.6 is 0 Å². The molecule has 1 fully saturated rings. The first-order valence-electron chi connectivity index (χ1n) is 6.94. The second-order valence-corrected chi connectivity index (χ2v) is 7.42. The summed E-state index contributed by atoms with van der Waals surface area (Å²) in [5, 5.41) is 7.17. The summed E-state index contributed by atoms with van der Waals surface area (Å²) in [6.07, 6.45) is 1.20. The summed E-state index contributed by atoms with van der Waals surface area (Å²) in [4.78, 5) is 4.31. The Bertz CT molecular complexity index is 697. The summed E-state index contributed by atoms with van der Waals surface area (Å²) >= 11 is 0. The Kier molecular flexibility index (Phi) is 3.92. The molecule has 1 aliphatic rings. The summed E-state index contributed by atoms with van der Waals surface area (Å²) in [7, 11) is -2.92. The summed E-state index contributed by atoms with van der Waals surface area (Å²) < 4.78 is 28.1. The first-order chi connectivity index (χ1) is 10.1. The van der Waals surface area contributed by atoms with Gasteiger partial charge in [0.05, 0.1) is 11.5 Å². The van der Waals surface area contributed by atoms with Gasteiger partial charge >= 0.3 is 0 Å². The maximum absolute atomic E-state index is 11.5. The van der Waals surface area contributed by atoms with E-state index in [9.17, 15) is 8.42 Å². The molecular weight excluding hydrogens is 290 g/mol. The van der Waals surface area contributed by atoms with Crippen LogP contribution in [0.5, 0.6) is 0 Å². The SMILES string of the molecule is O=S1(=O)CCC(c2noc(CCNc3ccccc3)n2)C1. The fourth-order valence-corrected chi connectivity index (χ4v) is 4.14. The van der Waals surface area contributed by atoms with Crippen LogP contribution in [0.15, 0.2) is 34.9 Å². The molecule has 1 unspecified atom stereocenters. The topological polar surface area (TPSA) is 85.1 Å². The van der Waals surface area contributed by atoms with Crippen LogP contribution in [-0.4, -0.2) is 36.6 Å². The highest BCUT2D eigenvalue weighted by Gasteiger charge is 2.32. The van der Waals surface area contributed by atoms with Gasteiger partial charge in [-0.1, -0.05) is 23.4 Å². The number of benzene rings is 1. The van der Waals surface area contributed by atoms with Crippen molar-refractivity contribution in [1.29, 1.82) is 0 Å². The molecule has 21 heavy (non-hydrogen) atoms. The molecule has 0 aliphatic carbocycles. The van der Waals surface area contributed by atoms with Crippen molar-refractivity contribution in [3.05, 3.63) is 42.0 Å². The number of rotatable bonds is 5. The molecule has 1 N–H and O–H groups in total. The Balaban J connectivity index is 1.54. The van der Waals surface area contributed by atoms with Crippen LogP contribution < -0.4 is 5.32 Å². The Labute approximate surface area is 123 Å². The number of nitrogens with one attached hydrogen (secondary N) is 1. The molecule has 0 radical (unpaired) electrons. The Morgan fingerprint density at radius 2 is 2.10 bits per heavy atom. The minimum atomic E-state index is -2.92. The lowest BCUT2D eigenvalue weighted by atomic mass is 10.1. The largest absolute Gasteiger partial charge is 0.385 e. The van der Waals surface area contributed by atoms with Crippen molar-refractivity contribution in [2.75, 3.05) is 23.4 Å². The van der Waals surface area contributed by atoms with Crippen molar-refractivity contribution in [2.45, 2.75) is 18.8 Å². The molecule has 0 saturated carbocycles. The Hall–Kier alpha value is -1.89. The van der Waals surface area contributed by atoms with Gasteiger partial charge in [0.15, 0.2) is 15.7 Å². The number of hydrogen-bond donors (Lipinski definition) is 1. The molecular formula is C14H17N3O3S. The van der Waals surface area contributed by atoms with Gasteiger partial charge in [0, 0.05) is 24.6 Å². The van der Waals surface area contributed by atoms with Crippen LogP contribution in [0.3, 0.4) is 0 Å². The van der Waals surface area contributed by atoms with Crippen molar-refractivity contribution >= 4 is 15.5 Å². The zero-order chi connectivity index (χ0) is 14.7. The van der Waals surface area contributed by atoms with Crippen LogP contribution in [-0.2, 0) is 16.3 Å². The first kappa shape index (κ1) is 14.1. The predicted octanol–water partition coefficient (Wildman–Crippen LogP) is 1.63. The molecule has 0 spiro atoms. The molecule has 2 aromatic rings. The van der Waals surface area contributed by atoms with E-state index in [1.807, 2.05) is 30.3 Å². The Morgan fingerprint density at radius 3 is 2.81 bits per heavy atom. The van der Waals surface area contributed by atoms with Gasteiger partial charge in [-0.25, -0.2) is 8.42 Å². The van der Waals surface area contributed by atoms with E-state index >= 15 is 0 Å². The molecule has 1 atom stereocenters. The van der Waals surface area contributed by atoms with Crippen molar-refractivity contribution in [1.82, 2.24) is 10.1 Å². The zero-order valence-electron chi connectivity index (χ0n) is 11.5. The minimum absolute atomic E-state index is 0.116. The van der Waals surface area contributed by atoms with Crippen molar-refractivity contribution in [2.24, 2.45) is 0 Å². The van der Waals surface area contributed by atoms with Gasteiger partial charge in [-0.05, 0) is 18.6 Å². The van der Waals surface area contributed by atoms with E-state index in [2.05, 4.69) is 15.5 Å². The summed E-state index contributed by atoms with van der Waals surface area (Å²) in [5.74, 6) is 1.30. The van der Waals surface area contributed by atoms with Gasteiger partial charge in [0.1, 0.15) is 0 Å². The highest BCUT2D eigenvalue weighted by atomic mass is 32.2. The molecule has 1 aromatic heterocycles. The van der Waals surface area contributed by atoms with Gasteiger partial charge < -0.3 is 9.84 Å². The van der Waals surface area contributed by atoms with Gasteiger partial charge in [0.25, 0.3) is 0 Å². The molecule has 0 bridgehead atoms. The molecule has 112 valence electrons. The Morgan fingerprint density at radius 1 is 1.29 bits per heavy atom. The van der Waals surface area contributed by atoms with Crippen LogP contribution in [0.2, 0.25) is 0 Å². The number of anilines is 1. The van der Waals surface area contributed by atoms with E-state index in [1.54, 1.807) is 0 Å². The number of aromatic nitrogens is 2. The van der Waals surface area contributed by atoms with Gasteiger partial charge in [-0.2, -0.15) is 4.98 Å². The minimum Gasteiger partial charge on any atom is -0.385 e. The number of sulfone groups is 1. The molecule has 6 nitrogen and oxygen atoms in total. The third-order valence-electron chi connectivity index (χ3n) is 3.52.